The molecule has 1 N–H and O–H groups in total. The molecule has 4 nitrogen and oxygen atoms in total. The third-order valence-electron chi connectivity index (χ3n) is 2.98. The Hall–Kier alpha value is -1.66. The maximum atomic E-state index is 13.5. The molecule has 0 fully saturated rings. The number of ether oxygens (including phenoxy) is 1. The van der Waals surface area contributed by atoms with E-state index in [0.717, 1.165) is 4.47 Å². The first kappa shape index (κ1) is 15.7. The van der Waals surface area contributed by atoms with Gasteiger partial charge < -0.3 is 14.5 Å². The Kier molecular flexibility index (Phi) is 5.14. The van der Waals surface area contributed by atoms with Gasteiger partial charge in [0.25, 0.3) is 0 Å². The van der Waals surface area contributed by atoms with Crippen molar-refractivity contribution in [3.05, 3.63) is 57.7 Å². The lowest BCUT2D eigenvalue weighted by Crippen LogP contribution is -2.22. The number of carbonyl (C=O) groups is 1. The monoisotopic (exact) mass is 355 g/mol. The fourth-order valence-electron chi connectivity index (χ4n) is 2.02. The molecule has 1 unspecified atom stereocenters. The molecule has 1 aromatic carbocycles. The number of furan rings is 1. The van der Waals surface area contributed by atoms with Gasteiger partial charge in [-0.3, -0.25) is 0 Å². The van der Waals surface area contributed by atoms with Crippen LogP contribution in [0.3, 0.4) is 0 Å². The minimum Gasteiger partial charge on any atom is -0.463 e. The number of benzene rings is 1. The first-order valence-corrected chi connectivity index (χ1v) is 7.22. The van der Waals surface area contributed by atoms with Crippen LogP contribution in [0.2, 0.25) is 0 Å². The lowest BCUT2D eigenvalue weighted by atomic mass is 10.0. The van der Waals surface area contributed by atoms with Crippen molar-refractivity contribution in [1.29, 1.82) is 0 Å². The number of hydrogen-bond donors (Lipinski definition) is 1. The molecule has 0 aliphatic heterocycles. The maximum absolute atomic E-state index is 13.5. The molecule has 0 amide bonds. The first-order valence-electron chi connectivity index (χ1n) is 6.43. The third-order valence-corrected chi connectivity index (χ3v) is 3.70. The topological polar surface area (TPSA) is 51.5 Å². The van der Waals surface area contributed by atoms with Gasteiger partial charge in [0.1, 0.15) is 11.6 Å². The average Bonchev–Trinajstić information content (AvgIpc) is 2.96. The highest BCUT2D eigenvalue weighted by Crippen LogP contribution is 2.30. The van der Waals surface area contributed by atoms with Crippen LogP contribution in [0.1, 0.15) is 34.8 Å². The molecule has 1 atom stereocenters. The van der Waals surface area contributed by atoms with Gasteiger partial charge in [-0.05, 0) is 42.4 Å². The summed E-state index contributed by atoms with van der Waals surface area (Å²) >= 11 is 3.41. The lowest BCUT2D eigenvalue weighted by molar-refractivity contribution is 0.0562. The highest BCUT2D eigenvalue weighted by atomic mass is 79.9. The number of rotatable bonds is 5. The Bertz CT molecular complexity index is 642. The van der Waals surface area contributed by atoms with Crippen molar-refractivity contribution < 1.29 is 18.3 Å². The van der Waals surface area contributed by atoms with Crippen molar-refractivity contribution in [2.45, 2.75) is 13.0 Å². The van der Waals surface area contributed by atoms with Gasteiger partial charge in [-0.2, -0.15) is 0 Å². The van der Waals surface area contributed by atoms with Crippen molar-refractivity contribution in [3.63, 3.8) is 0 Å². The van der Waals surface area contributed by atoms with Crippen molar-refractivity contribution in [2.75, 3.05) is 13.7 Å². The summed E-state index contributed by atoms with van der Waals surface area (Å²) in [7, 11) is 1.29. The molecular formula is C15H15BrFNO3. The summed E-state index contributed by atoms with van der Waals surface area (Å²) in [5.41, 5.74) is 0.697. The van der Waals surface area contributed by atoms with Crippen LogP contribution in [0.15, 0.2) is 39.2 Å². The highest BCUT2D eigenvalue weighted by molar-refractivity contribution is 9.10. The fraction of sp³-hybridized carbons (Fsp3) is 0.267. The van der Waals surface area contributed by atoms with Crippen LogP contribution >= 0.6 is 15.9 Å². The van der Waals surface area contributed by atoms with E-state index in [4.69, 9.17) is 4.42 Å². The van der Waals surface area contributed by atoms with E-state index in [2.05, 4.69) is 26.0 Å². The largest absolute Gasteiger partial charge is 0.463 e. The van der Waals surface area contributed by atoms with E-state index in [1.54, 1.807) is 18.2 Å². The standard InChI is InChI=1S/C15H15BrFNO3/c1-3-18-14(10-8-9(17)4-5-11(10)16)12-6-7-13(21-12)15(19)20-2/h4-8,14,18H,3H2,1-2H3. The molecule has 21 heavy (non-hydrogen) atoms. The Labute approximate surface area is 130 Å². The smallest absolute Gasteiger partial charge is 0.373 e. The molecule has 0 radical (unpaired) electrons. The van der Waals surface area contributed by atoms with Crippen LogP contribution < -0.4 is 5.32 Å². The molecule has 1 aromatic heterocycles. The van der Waals surface area contributed by atoms with E-state index in [9.17, 15) is 9.18 Å². The van der Waals surface area contributed by atoms with Gasteiger partial charge in [0.2, 0.25) is 5.76 Å². The summed E-state index contributed by atoms with van der Waals surface area (Å²) < 4.78 is 24.4. The highest BCUT2D eigenvalue weighted by Gasteiger charge is 2.22. The van der Waals surface area contributed by atoms with Crippen LogP contribution in [0.25, 0.3) is 0 Å². The Morgan fingerprint density at radius 1 is 1.43 bits per heavy atom. The zero-order valence-corrected chi connectivity index (χ0v) is 13.2. The molecule has 0 saturated carbocycles. The van der Waals surface area contributed by atoms with Crippen LogP contribution in [0.5, 0.6) is 0 Å². The van der Waals surface area contributed by atoms with Crippen LogP contribution in [0.4, 0.5) is 4.39 Å². The minimum atomic E-state index is -0.546. The summed E-state index contributed by atoms with van der Waals surface area (Å²) in [5.74, 6) is -0.253. The van der Waals surface area contributed by atoms with E-state index in [0.29, 0.717) is 17.9 Å². The van der Waals surface area contributed by atoms with Gasteiger partial charge in [-0.25, -0.2) is 9.18 Å². The predicted octanol–water partition coefficient (Wildman–Crippen LogP) is 3.67. The number of esters is 1. The van der Waals surface area contributed by atoms with Crippen LogP contribution in [-0.4, -0.2) is 19.6 Å². The molecule has 112 valence electrons. The van der Waals surface area contributed by atoms with E-state index in [1.807, 2.05) is 6.92 Å². The second-order valence-corrected chi connectivity index (χ2v) is 5.20. The molecule has 1 heterocycles. The molecule has 0 spiro atoms. The zero-order chi connectivity index (χ0) is 15.4. The summed E-state index contributed by atoms with van der Waals surface area (Å²) in [6, 6.07) is 7.30. The Morgan fingerprint density at radius 3 is 2.86 bits per heavy atom. The minimum absolute atomic E-state index is 0.114. The van der Waals surface area contributed by atoms with Gasteiger partial charge in [0.15, 0.2) is 0 Å². The third kappa shape index (κ3) is 3.51. The molecule has 6 heteroatoms. The van der Waals surface area contributed by atoms with Crippen molar-refractivity contribution in [1.82, 2.24) is 5.32 Å². The van der Waals surface area contributed by atoms with E-state index >= 15 is 0 Å². The van der Waals surface area contributed by atoms with Crippen LogP contribution in [-0.2, 0) is 4.74 Å². The molecule has 0 aliphatic carbocycles. The number of halogens is 2. The zero-order valence-electron chi connectivity index (χ0n) is 11.7. The van der Waals surface area contributed by atoms with E-state index < -0.39 is 5.97 Å². The number of carbonyl (C=O) groups excluding carboxylic acids is 1. The number of nitrogens with one attached hydrogen (secondary N) is 1. The summed E-state index contributed by atoms with van der Waals surface area (Å²) in [4.78, 5) is 11.5. The van der Waals surface area contributed by atoms with E-state index in [1.165, 1.54) is 19.2 Å². The molecule has 0 aliphatic rings. The molecular weight excluding hydrogens is 341 g/mol. The first-order chi connectivity index (χ1) is 10.1. The van der Waals surface area contributed by atoms with Crippen molar-refractivity contribution in [3.8, 4) is 0 Å². The number of hydrogen-bond acceptors (Lipinski definition) is 4. The normalized spacial score (nSPS) is 12.2. The van der Waals surface area contributed by atoms with Crippen molar-refractivity contribution >= 4 is 21.9 Å². The summed E-state index contributed by atoms with van der Waals surface area (Å²) in [6.07, 6.45) is 0. The lowest BCUT2D eigenvalue weighted by Gasteiger charge is -2.17. The second-order valence-electron chi connectivity index (χ2n) is 4.35. The second kappa shape index (κ2) is 6.87. The predicted molar refractivity (Wildman–Crippen MR) is 79.7 cm³/mol. The van der Waals surface area contributed by atoms with Gasteiger partial charge >= 0.3 is 5.97 Å². The van der Waals surface area contributed by atoms with Crippen molar-refractivity contribution in [2.24, 2.45) is 0 Å². The summed E-state index contributed by atoms with van der Waals surface area (Å²) in [5, 5.41) is 3.21. The quantitative estimate of drug-likeness (QED) is 0.831. The SMILES string of the molecule is CCNC(c1ccc(C(=O)OC)o1)c1cc(F)ccc1Br. The van der Waals surface area contributed by atoms with Gasteiger partial charge in [-0.1, -0.05) is 22.9 Å². The van der Waals surface area contributed by atoms with Crippen LogP contribution in [0, 0.1) is 5.82 Å². The maximum Gasteiger partial charge on any atom is 0.373 e. The Balaban J connectivity index is 2.41. The molecule has 2 rings (SSSR count). The molecule has 0 saturated heterocycles. The Morgan fingerprint density at radius 2 is 2.19 bits per heavy atom. The number of methoxy groups -OCH3 is 1. The van der Waals surface area contributed by atoms with Gasteiger partial charge in [0, 0.05) is 4.47 Å². The van der Waals surface area contributed by atoms with Gasteiger partial charge in [0.05, 0.1) is 13.2 Å². The average molecular weight is 356 g/mol. The van der Waals surface area contributed by atoms with E-state index in [-0.39, 0.29) is 17.6 Å². The molecule has 0 bridgehead atoms. The molecule has 2 aromatic rings. The van der Waals surface area contributed by atoms with Gasteiger partial charge in [-0.15, -0.1) is 0 Å². The summed E-state index contributed by atoms with van der Waals surface area (Å²) in [6.45, 7) is 2.59. The fourth-order valence-corrected chi connectivity index (χ4v) is 2.50.